The van der Waals surface area contributed by atoms with E-state index in [1.54, 1.807) is 24.3 Å². The molecule has 2 aromatic carbocycles. The Kier molecular flexibility index (Phi) is 5.23. The number of rotatable bonds is 4. The molecule has 116 valence electrons. The molecule has 4 nitrogen and oxygen atoms in total. The smallest absolute Gasteiger partial charge is 0.255 e. The van der Waals surface area contributed by atoms with Gasteiger partial charge in [-0.25, -0.2) is 8.42 Å². The summed E-state index contributed by atoms with van der Waals surface area (Å²) in [7, 11) is -3.07. The van der Waals surface area contributed by atoms with E-state index in [1.807, 2.05) is 25.1 Å². The van der Waals surface area contributed by atoms with Gasteiger partial charge in [0.1, 0.15) is 0 Å². The van der Waals surface area contributed by atoms with Crippen LogP contribution in [0.3, 0.4) is 0 Å². The van der Waals surface area contributed by atoms with Gasteiger partial charge in [-0.15, -0.1) is 0 Å². The van der Waals surface area contributed by atoms with Gasteiger partial charge in [0, 0.05) is 21.1 Å². The molecular formula is C16H16INO3S. The SMILES string of the molecule is Cc1cc(I)ccc1NC(=O)c1ccc(CS(C)(=O)=O)cc1. The molecule has 0 aliphatic heterocycles. The summed E-state index contributed by atoms with van der Waals surface area (Å²) in [5.41, 5.74) is 2.93. The zero-order valence-electron chi connectivity index (χ0n) is 12.3. The lowest BCUT2D eigenvalue weighted by molar-refractivity contribution is 0.102. The van der Waals surface area contributed by atoms with E-state index >= 15 is 0 Å². The number of amides is 1. The highest BCUT2D eigenvalue weighted by molar-refractivity contribution is 14.1. The van der Waals surface area contributed by atoms with Crippen LogP contribution >= 0.6 is 22.6 Å². The summed E-state index contributed by atoms with van der Waals surface area (Å²) in [6.07, 6.45) is 1.19. The van der Waals surface area contributed by atoms with Gasteiger partial charge >= 0.3 is 0 Å². The van der Waals surface area contributed by atoms with Gasteiger partial charge < -0.3 is 5.32 Å². The van der Waals surface area contributed by atoms with Crippen LogP contribution in [0.25, 0.3) is 0 Å². The van der Waals surface area contributed by atoms with Gasteiger partial charge in [-0.1, -0.05) is 12.1 Å². The summed E-state index contributed by atoms with van der Waals surface area (Å²) in [5.74, 6) is -0.235. The minimum atomic E-state index is -3.07. The molecule has 2 rings (SSSR count). The van der Waals surface area contributed by atoms with Gasteiger partial charge in [-0.05, 0) is 71.0 Å². The van der Waals surface area contributed by atoms with Crippen molar-refractivity contribution in [3.8, 4) is 0 Å². The van der Waals surface area contributed by atoms with Crippen LogP contribution in [0.4, 0.5) is 5.69 Å². The van der Waals surface area contributed by atoms with E-state index in [0.29, 0.717) is 11.1 Å². The maximum atomic E-state index is 12.2. The Bertz CT molecular complexity index is 799. The largest absolute Gasteiger partial charge is 0.322 e. The third-order valence-corrected chi connectivity index (χ3v) is 4.61. The Hall–Kier alpha value is -1.41. The molecule has 6 heteroatoms. The van der Waals surface area contributed by atoms with Crippen LogP contribution in [0.2, 0.25) is 0 Å². The molecule has 2 aromatic rings. The molecule has 0 fully saturated rings. The van der Waals surface area contributed by atoms with E-state index in [-0.39, 0.29) is 11.7 Å². The van der Waals surface area contributed by atoms with Gasteiger partial charge in [0.05, 0.1) is 5.75 Å². The van der Waals surface area contributed by atoms with Crippen molar-refractivity contribution in [2.24, 2.45) is 0 Å². The van der Waals surface area contributed by atoms with Crippen molar-refractivity contribution in [1.29, 1.82) is 0 Å². The number of benzene rings is 2. The summed E-state index contributed by atoms with van der Waals surface area (Å²) in [6.45, 7) is 1.94. The lowest BCUT2D eigenvalue weighted by Gasteiger charge is -2.09. The maximum Gasteiger partial charge on any atom is 0.255 e. The van der Waals surface area contributed by atoms with E-state index in [2.05, 4.69) is 27.9 Å². The van der Waals surface area contributed by atoms with Crippen molar-refractivity contribution in [2.45, 2.75) is 12.7 Å². The van der Waals surface area contributed by atoms with Crippen LogP contribution in [0, 0.1) is 10.5 Å². The molecule has 22 heavy (non-hydrogen) atoms. The molecule has 0 unspecified atom stereocenters. The van der Waals surface area contributed by atoms with Crippen molar-refractivity contribution in [2.75, 3.05) is 11.6 Å². The van der Waals surface area contributed by atoms with E-state index < -0.39 is 9.84 Å². The van der Waals surface area contributed by atoms with Crippen molar-refractivity contribution >= 4 is 44.0 Å². The number of nitrogens with one attached hydrogen (secondary N) is 1. The second kappa shape index (κ2) is 6.78. The number of sulfone groups is 1. The van der Waals surface area contributed by atoms with Gasteiger partial charge in [0.25, 0.3) is 5.91 Å². The fourth-order valence-corrected chi connectivity index (χ4v) is 3.46. The summed E-state index contributed by atoms with van der Waals surface area (Å²) < 4.78 is 23.6. The Morgan fingerprint density at radius 2 is 1.77 bits per heavy atom. The molecule has 0 atom stereocenters. The average Bonchev–Trinajstić information content (AvgIpc) is 2.41. The first-order valence-electron chi connectivity index (χ1n) is 6.59. The molecule has 0 aromatic heterocycles. The number of anilines is 1. The highest BCUT2D eigenvalue weighted by Gasteiger charge is 2.09. The van der Waals surface area contributed by atoms with Crippen molar-refractivity contribution in [3.63, 3.8) is 0 Å². The minimum absolute atomic E-state index is 0.0227. The topological polar surface area (TPSA) is 63.2 Å². The van der Waals surface area contributed by atoms with E-state index in [9.17, 15) is 13.2 Å². The number of carbonyl (C=O) groups excluding carboxylic acids is 1. The third-order valence-electron chi connectivity index (χ3n) is 3.08. The monoisotopic (exact) mass is 429 g/mol. The summed E-state index contributed by atoms with van der Waals surface area (Å²) in [5, 5.41) is 2.86. The van der Waals surface area contributed by atoms with Crippen molar-refractivity contribution < 1.29 is 13.2 Å². The number of aryl methyl sites for hydroxylation is 1. The molecule has 1 N–H and O–H groups in total. The Labute approximate surface area is 144 Å². The summed E-state index contributed by atoms with van der Waals surface area (Å²) >= 11 is 2.22. The second-order valence-corrected chi connectivity index (χ2v) is 8.57. The summed E-state index contributed by atoms with van der Waals surface area (Å²) in [6, 6.07) is 12.4. The van der Waals surface area contributed by atoms with Crippen LogP contribution in [-0.4, -0.2) is 20.6 Å². The Morgan fingerprint density at radius 1 is 1.14 bits per heavy atom. The maximum absolute atomic E-state index is 12.2. The quantitative estimate of drug-likeness (QED) is 0.758. The Balaban J connectivity index is 2.13. The molecule has 0 saturated heterocycles. The first kappa shape index (κ1) is 17.0. The third kappa shape index (κ3) is 4.81. The molecule has 0 spiro atoms. The van der Waals surface area contributed by atoms with Crippen LogP contribution in [0.5, 0.6) is 0 Å². The zero-order valence-corrected chi connectivity index (χ0v) is 15.2. The molecule has 0 aliphatic carbocycles. The fourth-order valence-electron chi connectivity index (χ4n) is 2.02. The first-order valence-corrected chi connectivity index (χ1v) is 9.73. The summed E-state index contributed by atoms with van der Waals surface area (Å²) in [4.78, 5) is 12.2. The van der Waals surface area contributed by atoms with Crippen LogP contribution in [0.15, 0.2) is 42.5 Å². The van der Waals surface area contributed by atoms with E-state index in [1.165, 1.54) is 6.26 Å². The first-order chi connectivity index (χ1) is 10.2. The van der Waals surface area contributed by atoms with Gasteiger partial charge in [-0.2, -0.15) is 0 Å². The molecule has 0 aliphatic rings. The molecule has 0 radical (unpaired) electrons. The van der Waals surface area contributed by atoms with Crippen LogP contribution in [-0.2, 0) is 15.6 Å². The lowest BCUT2D eigenvalue weighted by Crippen LogP contribution is -2.13. The standard InChI is InChI=1S/C16H16INO3S/c1-11-9-14(17)7-8-15(11)18-16(19)13-5-3-12(4-6-13)10-22(2,20)21/h3-9H,10H2,1-2H3,(H,18,19). The van der Waals surface area contributed by atoms with Gasteiger partial charge in [0.2, 0.25) is 0 Å². The second-order valence-electron chi connectivity index (χ2n) is 5.18. The predicted octanol–water partition coefficient (Wildman–Crippen LogP) is 3.40. The molecule has 0 saturated carbocycles. The molecule has 0 bridgehead atoms. The molecular weight excluding hydrogens is 413 g/mol. The molecule has 1 amide bonds. The number of hydrogen-bond donors (Lipinski definition) is 1. The van der Waals surface area contributed by atoms with Gasteiger partial charge in [-0.3, -0.25) is 4.79 Å². The number of carbonyl (C=O) groups is 1. The minimum Gasteiger partial charge on any atom is -0.322 e. The van der Waals surface area contributed by atoms with Gasteiger partial charge in [0.15, 0.2) is 9.84 Å². The van der Waals surface area contributed by atoms with Crippen LogP contribution < -0.4 is 5.32 Å². The predicted molar refractivity (Wildman–Crippen MR) is 96.8 cm³/mol. The normalized spacial score (nSPS) is 11.2. The lowest BCUT2D eigenvalue weighted by atomic mass is 10.1. The zero-order chi connectivity index (χ0) is 16.3. The fraction of sp³-hybridized carbons (Fsp3) is 0.188. The van der Waals surface area contributed by atoms with E-state index in [0.717, 1.165) is 14.8 Å². The average molecular weight is 429 g/mol. The van der Waals surface area contributed by atoms with Crippen molar-refractivity contribution in [3.05, 3.63) is 62.7 Å². The van der Waals surface area contributed by atoms with Crippen molar-refractivity contribution in [1.82, 2.24) is 0 Å². The van der Waals surface area contributed by atoms with Crippen LogP contribution in [0.1, 0.15) is 21.5 Å². The Morgan fingerprint density at radius 3 is 2.32 bits per heavy atom. The highest BCUT2D eigenvalue weighted by atomic mass is 127. The number of halogens is 1. The van der Waals surface area contributed by atoms with E-state index in [4.69, 9.17) is 0 Å². The number of hydrogen-bond acceptors (Lipinski definition) is 3. The molecule has 0 heterocycles. The highest BCUT2D eigenvalue weighted by Crippen LogP contribution is 2.19.